The molecule has 7 heteroatoms. The number of hydrogen-bond acceptors (Lipinski definition) is 5. The van der Waals surface area contributed by atoms with Gasteiger partial charge in [0.15, 0.2) is 0 Å². The lowest BCUT2D eigenvalue weighted by atomic mass is 10.1. The Bertz CT molecular complexity index is 1260. The third-order valence-electron chi connectivity index (χ3n) is 5.28. The Morgan fingerprint density at radius 2 is 2.00 bits per heavy atom. The number of benzene rings is 2. The number of imidazole rings is 1. The summed E-state index contributed by atoms with van der Waals surface area (Å²) < 4.78 is 2.04. The molecule has 4 rings (SSSR count). The van der Waals surface area contributed by atoms with Crippen LogP contribution in [0.15, 0.2) is 73.6 Å². The van der Waals surface area contributed by atoms with Crippen LogP contribution in [0.2, 0.25) is 0 Å². The molecule has 7 nitrogen and oxygen atoms in total. The van der Waals surface area contributed by atoms with Crippen molar-refractivity contribution in [3.8, 4) is 11.8 Å². The second-order valence-corrected chi connectivity index (χ2v) is 7.74. The molecular formula is C26H26N6O. The topological polar surface area (TPSA) is 84.7 Å². The first-order chi connectivity index (χ1) is 16.2. The molecule has 1 amide bonds. The maximum absolute atomic E-state index is 12.3. The van der Waals surface area contributed by atoms with Crippen molar-refractivity contribution in [1.82, 2.24) is 19.5 Å². The average Bonchev–Trinajstić information content (AvgIpc) is 3.36. The molecule has 0 aliphatic rings. The van der Waals surface area contributed by atoms with Crippen LogP contribution < -0.4 is 10.6 Å². The fraction of sp³-hybridized carbons (Fsp3) is 0.231. The van der Waals surface area contributed by atoms with Gasteiger partial charge >= 0.3 is 0 Å². The van der Waals surface area contributed by atoms with Crippen molar-refractivity contribution in [2.45, 2.75) is 38.8 Å². The van der Waals surface area contributed by atoms with Crippen molar-refractivity contribution in [3.05, 3.63) is 79.1 Å². The van der Waals surface area contributed by atoms with Gasteiger partial charge in [0.25, 0.3) is 5.91 Å². The summed E-state index contributed by atoms with van der Waals surface area (Å²) in [5.41, 5.74) is 2.62. The van der Waals surface area contributed by atoms with E-state index in [-0.39, 0.29) is 11.9 Å². The monoisotopic (exact) mass is 438 g/mol. The Morgan fingerprint density at radius 1 is 1.12 bits per heavy atom. The van der Waals surface area contributed by atoms with Crippen LogP contribution in [0.25, 0.3) is 10.9 Å². The number of unbranched alkanes of at least 4 members (excludes halogenated alkanes) is 2. The van der Waals surface area contributed by atoms with Gasteiger partial charge in [0.05, 0.1) is 11.8 Å². The molecule has 0 spiro atoms. The molecule has 4 aromatic rings. The highest BCUT2D eigenvalue weighted by Crippen LogP contribution is 2.26. The molecule has 0 saturated carbocycles. The average molecular weight is 439 g/mol. The fourth-order valence-electron chi connectivity index (χ4n) is 3.51. The molecule has 2 N–H and O–H groups in total. The normalized spacial score (nSPS) is 11.4. The van der Waals surface area contributed by atoms with E-state index in [1.807, 2.05) is 47.2 Å². The van der Waals surface area contributed by atoms with Gasteiger partial charge in [-0.15, -0.1) is 0 Å². The third-order valence-corrected chi connectivity index (χ3v) is 5.28. The van der Waals surface area contributed by atoms with Gasteiger partial charge in [-0.1, -0.05) is 36.3 Å². The summed E-state index contributed by atoms with van der Waals surface area (Å²) in [7, 11) is 0. The lowest BCUT2D eigenvalue weighted by Crippen LogP contribution is -2.10. The maximum atomic E-state index is 12.3. The van der Waals surface area contributed by atoms with Crippen LogP contribution in [0.5, 0.6) is 0 Å². The van der Waals surface area contributed by atoms with E-state index in [0.717, 1.165) is 41.7 Å². The number of rotatable bonds is 8. The lowest BCUT2D eigenvalue weighted by Gasteiger charge is -2.16. The predicted octanol–water partition coefficient (Wildman–Crippen LogP) is 4.81. The van der Waals surface area contributed by atoms with Crippen molar-refractivity contribution in [3.63, 3.8) is 0 Å². The van der Waals surface area contributed by atoms with Gasteiger partial charge < -0.3 is 15.2 Å². The molecule has 0 radical (unpaired) electrons. The van der Waals surface area contributed by atoms with Gasteiger partial charge in [-0.3, -0.25) is 4.79 Å². The van der Waals surface area contributed by atoms with Crippen LogP contribution in [-0.2, 0) is 11.3 Å². The number of anilines is 2. The molecule has 0 aliphatic heterocycles. The Hall–Kier alpha value is -4.18. The van der Waals surface area contributed by atoms with Crippen molar-refractivity contribution in [2.24, 2.45) is 0 Å². The summed E-state index contributed by atoms with van der Waals surface area (Å²) in [5.74, 6) is 6.02. The van der Waals surface area contributed by atoms with Crippen LogP contribution in [0, 0.1) is 11.8 Å². The van der Waals surface area contributed by atoms with Gasteiger partial charge in [-0.25, -0.2) is 15.0 Å². The number of aryl methyl sites for hydroxylation is 1. The summed E-state index contributed by atoms with van der Waals surface area (Å²) in [5, 5.41) is 7.14. The number of carbonyl (C=O) groups excluding carboxylic acids is 1. The largest absolute Gasteiger partial charge is 0.363 e. The van der Waals surface area contributed by atoms with Crippen LogP contribution in [-0.4, -0.2) is 25.4 Å². The van der Waals surface area contributed by atoms with E-state index in [0.29, 0.717) is 12.1 Å². The SMILES string of the molecule is CC(Nc1ncnc2ccc(NC(=O)C#CCCCCn3ccnc3)cc12)c1ccccc1. The van der Waals surface area contributed by atoms with Crippen molar-refractivity contribution in [2.75, 3.05) is 10.6 Å². The van der Waals surface area contributed by atoms with Crippen molar-refractivity contribution in [1.29, 1.82) is 0 Å². The Balaban J connectivity index is 1.36. The molecule has 0 bridgehead atoms. The Labute approximate surface area is 193 Å². The third kappa shape index (κ3) is 6.17. The molecule has 166 valence electrons. The van der Waals surface area contributed by atoms with Gasteiger partial charge in [-0.2, -0.15) is 0 Å². The van der Waals surface area contributed by atoms with E-state index in [2.05, 4.69) is 56.5 Å². The first kappa shape index (κ1) is 22.0. The van der Waals surface area contributed by atoms with E-state index in [1.165, 1.54) is 0 Å². The number of aromatic nitrogens is 4. The summed E-state index contributed by atoms with van der Waals surface area (Å²) in [6.45, 7) is 2.99. The van der Waals surface area contributed by atoms with Crippen molar-refractivity contribution >= 4 is 28.3 Å². The predicted molar refractivity (Wildman–Crippen MR) is 131 cm³/mol. The second kappa shape index (κ2) is 10.9. The molecule has 2 aromatic heterocycles. The Morgan fingerprint density at radius 3 is 2.82 bits per heavy atom. The molecule has 1 unspecified atom stereocenters. The van der Waals surface area contributed by atoms with Crippen molar-refractivity contribution < 1.29 is 4.79 Å². The number of hydrogen-bond donors (Lipinski definition) is 2. The summed E-state index contributed by atoms with van der Waals surface area (Å²) in [4.78, 5) is 25.1. The first-order valence-corrected chi connectivity index (χ1v) is 11.0. The fourth-order valence-corrected chi connectivity index (χ4v) is 3.51. The molecule has 2 heterocycles. The van der Waals surface area contributed by atoms with Gasteiger partial charge in [0, 0.05) is 42.5 Å². The molecular weight excluding hydrogens is 412 g/mol. The van der Waals surface area contributed by atoms with Crippen LogP contribution in [0.1, 0.15) is 37.8 Å². The number of fused-ring (bicyclic) bond motifs is 1. The maximum Gasteiger partial charge on any atom is 0.300 e. The standard InChI is InChI=1S/C26H26N6O/c1-20(21-9-5-4-6-10-21)30-26-23-17-22(12-13-24(23)28-18-29-26)31-25(33)11-7-2-3-8-15-32-16-14-27-19-32/h4-6,9-10,12-14,16-20H,2-3,8,15H2,1H3,(H,31,33)(H,28,29,30). The number of nitrogens with zero attached hydrogens (tertiary/aromatic N) is 4. The zero-order chi connectivity index (χ0) is 22.9. The quantitative estimate of drug-likeness (QED) is 0.305. The molecule has 33 heavy (non-hydrogen) atoms. The van der Waals surface area contributed by atoms with Gasteiger partial charge in [-0.05, 0) is 49.4 Å². The summed E-state index contributed by atoms with van der Waals surface area (Å²) in [6.07, 6.45) is 9.66. The van der Waals surface area contributed by atoms with E-state index in [4.69, 9.17) is 0 Å². The highest BCUT2D eigenvalue weighted by Gasteiger charge is 2.10. The van der Waals surface area contributed by atoms with E-state index in [1.54, 1.807) is 18.9 Å². The zero-order valence-electron chi connectivity index (χ0n) is 18.5. The zero-order valence-corrected chi connectivity index (χ0v) is 18.5. The molecule has 0 saturated heterocycles. The second-order valence-electron chi connectivity index (χ2n) is 7.74. The highest BCUT2D eigenvalue weighted by atomic mass is 16.1. The lowest BCUT2D eigenvalue weighted by molar-refractivity contribution is -0.111. The molecule has 0 aliphatic carbocycles. The number of nitrogens with one attached hydrogen (secondary N) is 2. The smallest absolute Gasteiger partial charge is 0.300 e. The van der Waals surface area contributed by atoms with E-state index < -0.39 is 0 Å². The van der Waals surface area contributed by atoms with Gasteiger partial charge in [0.1, 0.15) is 12.1 Å². The number of amides is 1. The highest BCUT2D eigenvalue weighted by molar-refractivity contribution is 6.05. The number of carbonyl (C=O) groups is 1. The van der Waals surface area contributed by atoms with Crippen LogP contribution in [0.3, 0.4) is 0 Å². The Kier molecular flexibility index (Phi) is 7.29. The minimum Gasteiger partial charge on any atom is -0.363 e. The van der Waals surface area contributed by atoms with E-state index >= 15 is 0 Å². The first-order valence-electron chi connectivity index (χ1n) is 11.0. The van der Waals surface area contributed by atoms with Crippen LogP contribution >= 0.6 is 0 Å². The van der Waals surface area contributed by atoms with Gasteiger partial charge in [0.2, 0.25) is 0 Å². The summed E-state index contributed by atoms with van der Waals surface area (Å²) in [6, 6.07) is 15.8. The van der Waals surface area contributed by atoms with Crippen LogP contribution in [0.4, 0.5) is 11.5 Å². The minimum atomic E-state index is -0.326. The minimum absolute atomic E-state index is 0.0715. The molecule has 0 fully saturated rings. The molecule has 1 atom stereocenters. The summed E-state index contributed by atoms with van der Waals surface area (Å²) >= 11 is 0. The van der Waals surface area contributed by atoms with E-state index in [9.17, 15) is 4.79 Å². The molecule has 2 aromatic carbocycles.